The van der Waals surface area contributed by atoms with Crippen molar-refractivity contribution in [2.75, 3.05) is 6.61 Å². The normalized spacial score (nSPS) is 35.7. The standard InChI is InChI=1S/C41H68O8/c1-8-12-13-14-15-16-23-46-38(45)20-17-27(5)30-18-19-31-39-32(26-34(41(30,31)7)49-37(44)11-4)40(6)22-21-29(47-35(42)9-2)24-28(40)25-33(39)48-36(43)10-3/h27-34,39H,8-26H2,1-7H3/t27-,28+,29-,30-,31+,32+,33-,34+,39+,40+,41-/m1/s1. The Bertz CT molecular complexity index is 1120. The molecule has 0 aromatic heterocycles. The van der Waals surface area contributed by atoms with E-state index >= 15 is 0 Å². The van der Waals surface area contributed by atoms with Gasteiger partial charge < -0.3 is 18.9 Å². The summed E-state index contributed by atoms with van der Waals surface area (Å²) in [7, 11) is 0. The van der Waals surface area contributed by atoms with Crippen molar-refractivity contribution >= 4 is 23.9 Å². The molecule has 0 N–H and O–H groups in total. The number of fused-ring (bicyclic) bond motifs is 5. The quantitative estimate of drug-likeness (QED) is 0.0847. The van der Waals surface area contributed by atoms with Gasteiger partial charge in [-0.05, 0) is 92.8 Å². The highest BCUT2D eigenvalue weighted by molar-refractivity contribution is 5.70. The molecule has 0 bridgehead atoms. The summed E-state index contributed by atoms with van der Waals surface area (Å²) in [5.41, 5.74) is -0.321. The SMILES string of the molecule is CCCCCCCCOC(=O)CC[C@@H](C)[C@H]1CC[C@H]2[C@@H]3[C@H](OC(=O)CC)C[C@@H]4C[C@H](OC(=O)CC)CC[C@]4(C)[C@H]3C[C@H](OC(=O)CC)[C@]12C. The summed E-state index contributed by atoms with van der Waals surface area (Å²) >= 11 is 0. The zero-order valence-corrected chi connectivity index (χ0v) is 31.9. The van der Waals surface area contributed by atoms with Gasteiger partial charge in [0.1, 0.15) is 18.3 Å². The molecule has 4 saturated carbocycles. The molecule has 0 spiro atoms. The lowest BCUT2D eigenvalue weighted by molar-refractivity contribution is -0.225. The van der Waals surface area contributed by atoms with E-state index in [1.165, 1.54) is 25.7 Å². The highest BCUT2D eigenvalue weighted by Crippen LogP contribution is 2.69. The third kappa shape index (κ3) is 9.04. The van der Waals surface area contributed by atoms with Crippen molar-refractivity contribution in [3.05, 3.63) is 0 Å². The minimum atomic E-state index is -0.290. The molecule has 0 aromatic rings. The predicted octanol–water partition coefficient (Wildman–Crippen LogP) is 9.15. The second-order valence-corrected chi connectivity index (χ2v) is 16.5. The third-order valence-corrected chi connectivity index (χ3v) is 13.7. The molecule has 4 aliphatic rings. The van der Waals surface area contributed by atoms with Crippen LogP contribution < -0.4 is 0 Å². The first kappa shape index (κ1) is 39.7. The molecule has 0 radical (unpaired) electrons. The number of carbonyl (C=O) groups excluding carboxylic acids is 4. The molecule has 0 amide bonds. The van der Waals surface area contributed by atoms with Crippen molar-refractivity contribution in [3.63, 3.8) is 0 Å². The van der Waals surface area contributed by atoms with E-state index in [2.05, 4.69) is 27.7 Å². The molecule has 0 heterocycles. The lowest BCUT2D eigenvalue weighted by Crippen LogP contribution is -2.63. The average Bonchev–Trinajstić information content (AvgIpc) is 3.45. The van der Waals surface area contributed by atoms with Gasteiger partial charge in [0, 0.05) is 37.0 Å². The second kappa shape index (κ2) is 17.9. The van der Waals surface area contributed by atoms with Crippen LogP contribution in [0.15, 0.2) is 0 Å². The van der Waals surface area contributed by atoms with E-state index in [1.54, 1.807) is 0 Å². The van der Waals surface area contributed by atoms with Crippen molar-refractivity contribution < 1.29 is 38.1 Å². The van der Waals surface area contributed by atoms with Crippen molar-refractivity contribution in [1.82, 2.24) is 0 Å². The van der Waals surface area contributed by atoms with E-state index in [0.717, 1.165) is 64.2 Å². The van der Waals surface area contributed by atoms with E-state index < -0.39 is 0 Å². The monoisotopic (exact) mass is 688 g/mol. The molecular formula is C41H68O8. The first-order valence-electron chi connectivity index (χ1n) is 20.2. The van der Waals surface area contributed by atoms with E-state index in [0.29, 0.717) is 32.3 Å². The molecule has 0 unspecified atom stereocenters. The Morgan fingerprint density at radius 3 is 2.06 bits per heavy atom. The van der Waals surface area contributed by atoms with Gasteiger partial charge in [-0.15, -0.1) is 0 Å². The average molecular weight is 689 g/mol. The zero-order chi connectivity index (χ0) is 35.8. The van der Waals surface area contributed by atoms with E-state index in [1.807, 2.05) is 20.8 Å². The van der Waals surface area contributed by atoms with Gasteiger partial charge in [0.2, 0.25) is 0 Å². The first-order chi connectivity index (χ1) is 23.4. The largest absolute Gasteiger partial charge is 0.466 e. The smallest absolute Gasteiger partial charge is 0.305 e. The summed E-state index contributed by atoms with van der Waals surface area (Å²) in [6.45, 7) is 15.2. The summed E-state index contributed by atoms with van der Waals surface area (Å²) in [5.74, 6) is 0.801. The molecule has 0 aromatic carbocycles. The van der Waals surface area contributed by atoms with E-state index in [-0.39, 0.29) is 88.5 Å². The van der Waals surface area contributed by atoms with Crippen molar-refractivity contribution in [2.24, 2.45) is 46.3 Å². The summed E-state index contributed by atoms with van der Waals surface area (Å²) in [6, 6.07) is 0. The van der Waals surface area contributed by atoms with Crippen LogP contribution >= 0.6 is 0 Å². The van der Waals surface area contributed by atoms with Crippen LogP contribution in [-0.2, 0) is 38.1 Å². The Kier molecular flexibility index (Phi) is 14.5. The number of carbonyl (C=O) groups is 4. The zero-order valence-electron chi connectivity index (χ0n) is 31.9. The van der Waals surface area contributed by atoms with Crippen LogP contribution in [0.1, 0.15) is 164 Å². The number of unbranched alkanes of at least 4 members (excludes halogenated alkanes) is 5. The molecule has 8 heteroatoms. The van der Waals surface area contributed by atoms with Crippen LogP contribution in [0.25, 0.3) is 0 Å². The maximum Gasteiger partial charge on any atom is 0.305 e. The van der Waals surface area contributed by atoms with Gasteiger partial charge in [-0.2, -0.15) is 0 Å². The molecule has 8 nitrogen and oxygen atoms in total. The van der Waals surface area contributed by atoms with Crippen LogP contribution in [-0.4, -0.2) is 48.8 Å². The lowest BCUT2D eigenvalue weighted by atomic mass is 9.43. The van der Waals surface area contributed by atoms with Gasteiger partial charge in [0.15, 0.2) is 0 Å². The second-order valence-electron chi connectivity index (χ2n) is 16.5. The van der Waals surface area contributed by atoms with Gasteiger partial charge in [0.05, 0.1) is 6.61 Å². The maximum absolute atomic E-state index is 13.0. The Labute approximate surface area is 296 Å². The summed E-state index contributed by atoms with van der Waals surface area (Å²) < 4.78 is 24.3. The van der Waals surface area contributed by atoms with E-state index in [9.17, 15) is 19.2 Å². The summed E-state index contributed by atoms with van der Waals surface area (Å²) in [6.07, 6.45) is 14.6. The van der Waals surface area contributed by atoms with Gasteiger partial charge in [-0.1, -0.05) is 80.6 Å². The van der Waals surface area contributed by atoms with Crippen LogP contribution in [0.4, 0.5) is 0 Å². The van der Waals surface area contributed by atoms with Gasteiger partial charge in [0.25, 0.3) is 0 Å². The molecule has 4 aliphatic carbocycles. The summed E-state index contributed by atoms with van der Waals surface area (Å²) in [4.78, 5) is 51.0. The number of rotatable bonds is 17. The van der Waals surface area contributed by atoms with Crippen LogP contribution in [0.2, 0.25) is 0 Å². The van der Waals surface area contributed by atoms with Crippen molar-refractivity contribution in [1.29, 1.82) is 0 Å². The van der Waals surface area contributed by atoms with Gasteiger partial charge in [-0.25, -0.2) is 0 Å². The minimum absolute atomic E-state index is 0.0312. The van der Waals surface area contributed by atoms with E-state index in [4.69, 9.17) is 18.9 Å². The van der Waals surface area contributed by atoms with Crippen molar-refractivity contribution in [3.8, 4) is 0 Å². The maximum atomic E-state index is 13.0. The number of esters is 4. The van der Waals surface area contributed by atoms with Gasteiger partial charge in [-0.3, -0.25) is 19.2 Å². The molecule has 0 aliphatic heterocycles. The number of hydrogen-bond donors (Lipinski definition) is 0. The summed E-state index contributed by atoms with van der Waals surface area (Å²) in [5, 5.41) is 0. The van der Waals surface area contributed by atoms with Crippen LogP contribution in [0.5, 0.6) is 0 Å². The Morgan fingerprint density at radius 2 is 1.37 bits per heavy atom. The number of hydrogen-bond acceptors (Lipinski definition) is 8. The van der Waals surface area contributed by atoms with Crippen molar-refractivity contribution in [2.45, 2.75) is 182 Å². The Morgan fingerprint density at radius 1 is 0.714 bits per heavy atom. The highest BCUT2D eigenvalue weighted by Gasteiger charge is 2.67. The molecule has 0 saturated heterocycles. The topological polar surface area (TPSA) is 105 Å². The third-order valence-electron chi connectivity index (χ3n) is 13.7. The fourth-order valence-corrected chi connectivity index (χ4v) is 10.9. The fraction of sp³-hybridized carbons (Fsp3) is 0.902. The Hall–Kier alpha value is -2.12. The minimum Gasteiger partial charge on any atom is -0.466 e. The number of ether oxygens (including phenoxy) is 4. The van der Waals surface area contributed by atoms with Crippen LogP contribution in [0.3, 0.4) is 0 Å². The molecule has 280 valence electrons. The fourth-order valence-electron chi connectivity index (χ4n) is 10.9. The highest BCUT2D eigenvalue weighted by atomic mass is 16.6. The molecule has 11 atom stereocenters. The van der Waals surface area contributed by atoms with Crippen LogP contribution in [0, 0.1) is 46.3 Å². The molecule has 4 fully saturated rings. The molecular weight excluding hydrogens is 620 g/mol. The molecule has 49 heavy (non-hydrogen) atoms. The molecule has 4 rings (SSSR count). The first-order valence-corrected chi connectivity index (χ1v) is 20.2. The lowest BCUT2D eigenvalue weighted by Gasteiger charge is -2.64. The Balaban J connectivity index is 1.53. The van der Waals surface area contributed by atoms with Gasteiger partial charge >= 0.3 is 23.9 Å². The predicted molar refractivity (Wildman–Crippen MR) is 189 cm³/mol.